The first kappa shape index (κ1) is 16.1. The van der Waals surface area contributed by atoms with Gasteiger partial charge in [-0.25, -0.2) is 4.98 Å². The molecular weight excluding hydrogens is 352 g/mol. The van der Waals surface area contributed by atoms with E-state index in [1.165, 1.54) is 11.3 Å². The normalized spacial score (nSPS) is 12.5. The van der Waals surface area contributed by atoms with Crippen molar-refractivity contribution >= 4 is 32.9 Å². The van der Waals surface area contributed by atoms with Crippen LogP contribution in [0.1, 0.15) is 24.4 Å². The van der Waals surface area contributed by atoms with Crippen molar-refractivity contribution in [2.45, 2.75) is 19.5 Å². The number of aromatic nitrogens is 3. The topological polar surface area (TPSA) is 75.2 Å². The number of H-pyrrole nitrogens is 1. The molecule has 4 aromatic heterocycles. The van der Waals surface area contributed by atoms with E-state index in [9.17, 15) is 4.79 Å². The van der Waals surface area contributed by atoms with Crippen molar-refractivity contribution in [3.63, 3.8) is 0 Å². The molecule has 0 aliphatic carbocycles. The van der Waals surface area contributed by atoms with E-state index in [-0.39, 0.29) is 11.6 Å². The van der Waals surface area contributed by atoms with Crippen LogP contribution in [0.25, 0.3) is 20.7 Å². The fourth-order valence-corrected chi connectivity index (χ4v) is 4.51. The summed E-state index contributed by atoms with van der Waals surface area (Å²) in [6.07, 6.45) is 3.62. The number of thiophene rings is 2. The monoisotopic (exact) mass is 369 g/mol. The summed E-state index contributed by atoms with van der Waals surface area (Å²) in [5.41, 5.74) is 2.06. The average Bonchev–Trinajstić information content (AvgIpc) is 3.29. The number of nitrogens with two attached hydrogens (primary N) is 1. The van der Waals surface area contributed by atoms with Gasteiger partial charge in [0.25, 0.3) is 5.56 Å². The second kappa shape index (κ2) is 6.87. The highest BCUT2D eigenvalue weighted by molar-refractivity contribution is 7.18. The summed E-state index contributed by atoms with van der Waals surface area (Å²) in [5, 5.41) is 6.88. The van der Waals surface area contributed by atoms with Gasteiger partial charge in [-0.1, -0.05) is 12.1 Å². The van der Waals surface area contributed by atoms with Crippen molar-refractivity contribution in [1.82, 2.24) is 15.0 Å². The molecule has 1 atom stereocenters. The van der Waals surface area contributed by atoms with Gasteiger partial charge in [-0.15, -0.1) is 22.7 Å². The Labute approximate surface area is 152 Å². The van der Waals surface area contributed by atoms with Crippen molar-refractivity contribution in [3.8, 4) is 10.4 Å². The van der Waals surface area contributed by atoms with Gasteiger partial charge in [0.05, 0.1) is 5.39 Å². The van der Waals surface area contributed by atoms with Gasteiger partial charge in [-0.05, 0) is 24.4 Å². The Morgan fingerprint density at radius 2 is 2.20 bits per heavy atom. The second-order valence-electron chi connectivity index (χ2n) is 5.85. The molecule has 5 nitrogen and oxygen atoms in total. The van der Waals surface area contributed by atoms with E-state index < -0.39 is 0 Å². The maximum atomic E-state index is 12.6. The zero-order valence-corrected chi connectivity index (χ0v) is 15.2. The third-order valence-electron chi connectivity index (χ3n) is 4.11. The van der Waals surface area contributed by atoms with Gasteiger partial charge >= 0.3 is 0 Å². The minimum Gasteiger partial charge on any atom is -0.334 e. The fraction of sp³-hybridized carbons (Fsp3) is 0.167. The van der Waals surface area contributed by atoms with E-state index in [1.54, 1.807) is 17.5 Å². The molecule has 0 aromatic carbocycles. The number of hydrogen-bond acceptors (Lipinski definition) is 5. The van der Waals surface area contributed by atoms with Crippen LogP contribution in [-0.2, 0) is 6.54 Å². The third kappa shape index (κ3) is 3.26. The summed E-state index contributed by atoms with van der Waals surface area (Å²) >= 11 is 3.16. The van der Waals surface area contributed by atoms with Gasteiger partial charge in [0.1, 0.15) is 17.4 Å². The van der Waals surface area contributed by atoms with Gasteiger partial charge in [-0.2, -0.15) is 0 Å². The fourth-order valence-electron chi connectivity index (χ4n) is 2.74. The van der Waals surface area contributed by atoms with Crippen LogP contribution in [0.4, 0.5) is 0 Å². The average molecular weight is 369 g/mol. The van der Waals surface area contributed by atoms with Crippen LogP contribution in [0.3, 0.4) is 0 Å². The highest BCUT2D eigenvalue weighted by Gasteiger charge is 2.17. The number of aromatic amines is 1. The molecule has 0 radical (unpaired) electrons. The summed E-state index contributed by atoms with van der Waals surface area (Å²) in [4.78, 5) is 26.3. The molecule has 0 saturated heterocycles. The minimum absolute atomic E-state index is 0.0598. The molecule has 4 heterocycles. The van der Waals surface area contributed by atoms with Crippen LogP contribution in [-0.4, -0.2) is 15.0 Å². The Morgan fingerprint density at radius 1 is 1.28 bits per heavy atom. The Kier molecular flexibility index (Phi) is 4.44. The zero-order valence-electron chi connectivity index (χ0n) is 13.6. The molecule has 0 bridgehead atoms. The lowest BCUT2D eigenvalue weighted by Crippen LogP contribution is -2.83. The van der Waals surface area contributed by atoms with E-state index in [1.807, 2.05) is 48.1 Å². The van der Waals surface area contributed by atoms with Gasteiger partial charge in [0.15, 0.2) is 5.82 Å². The largest absolute Gasteiger partial charge is 0.334 e. The van der Waals surface area contributed by atoms with E-state index in [0.29, 0.717) is 11.2 Å². The Balaban J connectivity index is 1.62. The first-order valence-electron chi connectivity index (χ1n) is 8.00. The summed E-state index contributed by atoms with van der Waals surface area (Å²) in [6, 6.07) is 8.06. The zero-order chi connectivity index (χ0) is 17.2. The molecular formula is C18H17N4OS2+. The standard InChI is InChI=1S/C18H16N4OS2/c1-11(20-9-12-4-2-6-19-8-12)16-21-17(23)15-13(10-25-18(15)22-16)14-5-3-7-24-14/h2-8,10-11,20H,9H2,1H3,(H,21,22,23)/p+1/t11-/m1/s1. The number of quaternary nitrogens is 1. The quantitative estimate of drug-likeness (QED) is 0.568. The van der Waals surface area contributed by atoms with Gasteiger partial charge in [0, 0.05) is 33.8 Å². The summed E-state index contributed by atoms with van der Waals surface area (Å²) in [7, 11) is 0. The predicted molar refractivity (Wildman–Crippen MR) is 102 cm³/mol. The maximum Gasteiger partial charge on any atom is 0.260 e. The summed E-state index contributed by atoms with van der Waals surface area (Å²) in [5.74, 6) is 0.709. The summed E-state index contributed by atoms with van der Waals surface area (Å²) < 4.78 is 0. The van der Waals surface area contributed by atoms with Crippen molar-refractivity contribution in [1.29, 1.82) is 0 Å². The Hall–Kier alpha value is -2.35. The second-order valence-corrected chi connectivity index (χ2v) is 7.65. The maximum absolute atomic E-state index is 12.6. The molecule has 0 unspecified atom stereocenters. The molecule has 0 amide bonds. The molecule has 126 valence electrons. The molecule has 0 aliphatic heterocycles. The predicted octanol–water partition coefficient (Wildman–Crippen LogP) is 2.93. The lowest BCUT2D eigenvalue weighted by molar-refractivity contribution is -0.709. The van der Waals surface area contributed by atoms with Crippen molar-refractivity contribution in [2.24, 2.45) is 0 Å². The molecule has 3 N–H and O–H groups in total. The van der Waals surface area contributed by atoms with Gasteiger partial charge in [0.2, 0.25) is 0 Å². The van der Waals surface area contributed by atoms with Crippen molar-refractivity contribution in [3.05, 3.63) is 69.2 Å². The molecule has 0 aliphatic rings. The highest BCUT2D eigenvalue weighted by Crippen LogP contribution is 2.33. The van der Waals surface area contributed by atoms with Crippen LogP contribution in [0.5, 0.6) is 0 Å². The molecule has 0 fully saturated rings. The molecule has 0 spiro atoms. The number of fused-ring (bicyclic) bond motifs is 1. The van der Waals surface area contributed by atoms with Crippen LogP contribution < -0.4 is 10.9 Å². The third-order valence-corrected chi connectivity index (χ3v) is 5.89. The van der Waals surface area contributed by atoms with Gasteiger partial charge < -0.3 is 10.3 Å². The number of rotatable bonds is 5. The van der Waals surface area contributed by atoms with Crippen LogP contribution >= 0.6 is 22.7 Å². The minimum atomic E-state index is -0.0636. The number of pyridine rings is 1. The van der Waals surface area contributed by atoms with Crippen LogP contribution in [0, 0.1) is 0 Å². The first-order valence-corrected chi connectivity index (χ1v) is 9.76. The first-order chi connectivity index (χ1) is 12.2. The van der Waals surface area contributed by atoms with Crippen LogP contribution in [0.2, 0.25) is 0 Å². The number of nitrogens with one attached hydrogen (secondary N) is 1. The highest BCUT2D eigenvalue weighted by atomic mass is 32.1. The van der Waals surface area contributed by atoms with E-state index >= 15 is 0 Å². The molecule has 7 heteroatoms. The Bertz CT molecular complexity index is 1040. The lowest BCUT2D eigenvalue weighted by atomic mass is 10.2. The molecule has 0 saturated carbocycles. The van der Waals surface area contributed by atoms with E-state index in [0.717, 1.165) is 27.4 Å². The SMILES string of the molecule is C[C@@H]([NH2+]Cc1cccnc1)c1nc2scc(-c3cccs3)c2c(=O)[nH]1. The molecule has 4 aromatic rings. The van der Waals surface area contributed by atoms with Crippen LogP contribution in [0.15, 0.2) is 52.2 Å². The Morgan fingerprint density at radius 3 is 2.96 bits per heavy atom. The molecule has 25 heavy (non-hydrogen) atoms. The number of hydrogen-bond donors (Lipinski definition) is 2. The van der Waals surface area contributed by atoms with Crippen molar-refractivity contribution < 1.29 is 5.32 Å². The van der Waals surface area contributed by atoms with Gasteiger partial charge in [-0.3, -0.25) is 9.78 Å². The van der Waals surface area contributed by atoms with Crippen molar-refractivity contribution in [2.75, 3.05) is 0 Å². The van der Waals surface area contributed by atoms with E-state index in [4.69, 9.17) is 4.98 Å². The number of nitrogens with zero attached hydrogens (tertiary/aromatic N) is 2. The smallest absolute Gasteiger partial charge is 0.260 e. The summed E-state index contributed by atoms with van der Waals surface area (Å²) in [6.45, 7) is 2.84. The molecule has 4 rings (SSSR count). The lowest BCUT2D eigenvalue weighted by Gasteiger charge is -2.10. The van der Waals surface area contributed by atoms with E-state index in [2.05, 4.69) is 15.3 Å².